The van der Waals surface area contributed by atoms with Gasteiger partial charge >= 0.3 is 5.97 Å². The van der Waals surface area contributed by atoms with Crippen LogP contribution in [0.4, 0.5) is 0 Å². The molecule has 1 aromatic rings. The summed E-state index contributed by atoms with van der Waals surface area (Å²) in [6.07, 6.45) is 3.30. The quantitative estimate of drug-likeness (QED) is 0.850. The number of hydrogen-bond acceptors (Lipinski definition) is 3. The molecule has 1 amide bonds. The molecule has 2 rings (SSSR count). The Balaban J connectivity index is 2.28. The molecular weight excluding hydrogens is 234 g/mol. The average Bonchev–Trinajstić information content (AvgIpc) is 2.70. The van der Waals surface area contributed by atoms with Crippen molar-refractivity contribution in [2.24, 2.45) is 13.0 Å². The number of amides is 1. The summed E-state index contributed by atoms with van der Waals surface area (Å²) in [6, 6.07) is 0. The number of aryl methyl sites for hydroxylation is 1. The molecule has 0 aliphatic carbocycles. The fourth-order valence-electron chi connectivity index (χ4n) is 2.37. The SMILES string of the molecule is CC1CCCN(C(=O)c2c(C(=O)O)cnn2C)C1. The predicted octanol–water partition coefficient (Wildman–Crippen LogP) is 0.990. The summed E-state index contributed by atoms with van der Waals surface area (Å²) in [5, 5.41) is 12.9. The molecule has 1 aliphatic rings. The highest BCUT2D eigenvalue weighted by molar-refractivity contribution is 6.03. The van der Waals surface area contributed by atoms with Gasteiger partial charge in [0.25, 0.3) is 5.91 Å². The highest BCUT2D eigenvalue weighted by atomic mass is 16.4. The molecule has 98 valence electrons. The van der Waals surface area contributed by atoms with Crippen LogP contribution in [0.1, 0.15) is 40.6 Å². The largest absolute Gasteiger partial charge is 0.478 e. The van der Waals surface area contributed by atoms with E-state index in [1.54, 1.807) is 11.9 Å². The average molecular weight is 251 g/mol. The van der Waals surface area contributed by atoms with Gasteiger partial charge in [0.2, 0.25) is 0 Å². The molecule has 0 saturated carbocycles. The molecule has 2 heterocycles. The summed E-state index contributed by atoms with van der Waals surface area (Å²) in [7, 11) is 1.59. The molecule has 0 bridgehead atoms. The Morgan fingerprint density at radius 3 is 2.83 bits per heavy atom. The van der Waals surface area contributed by atoms with Gasteiger partial charge in [-0.2, -0.15) is 5.10 Å². The minimum absolute atomic E-state index is 0.0271. The van der Waals surface area contributed by atoms with Crippen molar-refractivity contribution in [3.05, 3.63) is 17.5 Å². The molecule has 6 nitrogen and oxygen atoms in total. The van der Waals surface area contributed by atoms with Crippen LogP contribution in [-0.2, 0) is 7.05 Å². The summed E-state index contributed by atoms with van der Waals surface area (Å²) in [4.78, 5) is 25.1. The number of carboxylic acid groups (broad SMARTS) is 1. The number of hydrogen-bond donors (Lipinski definition) is 1. The number of piperidine rings is 1. The van der Waals surface area contributed by atoms with E-state index in [0.717, 1.165) is 12.8 Å². The minimum Gasteiger partial charge on any atom is -0.478 e. The van der Waals surface area contributed by atoms with Crippen LogP contribution in [0, 0.1) is 5.92 Å². The van der Waals surface area contributed by atoms with Crippen LogP contribution >= 0.6 is 0 Å². The molecule has 1 fully saturated rings. The van der Waals surface area contributed by atoms with E-state index in [2.05, 4.69) is 12.0 Å². The first kappa shape index (κ1) is 12.6. The topological polar surface area (TPSA) is 75.4 Å². The maximum absolute atomic E-state index is 12.4. The molecule has 1 unspecified atom stereocenters. The molecule has 0 aromatic carbocycles. The zero-order chi connectivity index (χ0) is 13.3. The second-order valence-electron chi connectivity index (χ2n) is 4.83. The van der Waals surface area contributed by atoms with Gasteiger partial charge < -0.3 is 10.0 Å². The van der Waals surface area contributed by atoms with E-state index < -0.39 is 5.97 Å². The third-order valence-electron chi connectivity index (χ3n) is 3.32. The number of aromatic nitrogens is 2. The van der Waals surface area contributed by atoms with E-state index in [9.17, 15) is 9.59 Å². The zero-order valence-corrected chi connectivity index (χ0v) is 10.6. The summed E-state index contributed by atoms with van der Waals surface area (Å²) < 4.78 is 1.34. The van der Waals surface area contributed by atoms with Crippen molar-refractivity contribution < 1.29 is 14.7 Å². The smallest absolute Gasteiger partial charge is 0.339 e. The van der Waals surface area contributed by atoms with Gasteiger partial charge in [0.05, 0.1) is 6.20 Å². The standard InChI is InChI=1S/C12H17N3O3/c1-8-4-3-5-15(7-8)11(16)10-9(12(17)18)6-13-14(10)2/h6,8H,3-5,7H2,1-2H3,(H,17,18). The van der Waals surface area contributed by atoms with Gasteiger partial charge in [0, 0.05) is 20.1 Å². The number of aromatic carboxylic acids is 1. The van der Waals surface area contributed by atoms with E-state index in [1.165, 1.54) is 10.9 Å². The predicted molar refractivity (Wildman–Crippen MR) is 64.5 cm³/mol. The van der Waals surface area contributed by atoms with Crippen molar-refractivity contribution in [3.8, 4) is 0 Å². The molecule has 1 aliphatic heterocycles. The second kappa shape index (κ2) is 4.80. The van der Waals surface area contributed by atoms with Crippen LogP contribution in [0.15, 0.2) is 6.20 Å². The monoisotopic (exact) mass is 251 g/mol. The molecule has 1 saturated heterocycles. The molecule has 18 heavy (non-hydrogen) atoms. The first-order valence-electron chi connectivity index (χ1n) is 6.05. The van der Waals surface area contributed by atoms with Crippen LogP contribution in [0.3, 0.4) is 0 Å². The van der Waals surface area contributed by atoms with Gasteiger partial charge in [-0.3, -0.25) is 9.48 Å². The van der Waals surface area contributed by atoms with Crippen LogP contribution in [-0.4, -0.2) is 44.8 Å². The van der Waals surface area contributed by atoms with Gasteiger partial charge in [-0.05, 0) is 18.8 Å². The Bertz CT molecular complexity index is 481. The Morgan fingerprint density at radius 2 is 2.22 bits per heavy atom. The number of rotatable bonds is 2. The van der Waals surface area contributed by atoms with E-state index in [-0.39, 0.29) is 17.2 Å². The van der Waals surface area contributed by atoms with Gasteiger partial charge in [-0.1, -0.05) is 6.92 Å². The van der Waals surface area contributed by atoms with E-state index in [0.29, 0.717) is 19.0 Å². The Kier molecular flexibility index (Phi) is 3.36. The molecule has 0 radical (unpaired) electrons. The summed E-state index contributed by atoms with van der Waals surface area (Å²) >= 11 is 0. The van der Waals surface area contributed by atoms with Crippen molar-refractivity contribution in [2.45, 2.75) is 19.8 Å². The lowest BCUT2D eigenvalue weighted by atomic mass is 10.00. The molecule has 1 atom stereocenters. The van der Waals surface area contributed by atoms with Gasteiger partial charge in [-0.15, -0.1) is 0 Å². The third kappa shape index (κ3) is 2.23. The number of carboxylic acids is 1. The van der Waals surface area contributed by atoms with Crippen molar-refractivity contribution in [1.82, 2.24) is 14.7 Å². The molecular formula is C12H17N3O3. The van der Waals surface area contributed by atoms with Crippen LogP contribution < -0.4 is 0 Å². The Morgan fingerprint density at radius 1 is 1.50 bits per heavy atom. The Labute approximate surface area is 105 Å². The lowest BCUT2D eigenvalue weighted by molar-refractivity contribution is 0.0640. The number of likely N-dealkylation sites (tertiary alicyclic amines) is 1. The molecule has 1 aromatic heterocycles. The van der Waals surface area contributed by atoms with Crippen molar-refractivity contribution in [2.75, 3.05) is 13.1 Å². The van der Waals surface area contributed by atoms with Gasteiger partial charge in [0.1, 0.15) is 11.3 Å². The number of carbonyl (C=O) groups is 2. The lowest BCUT2D eigenvalue weighted by Gasteiger charge is -2.31. The van der Waals surface area contributed by atoms with Crippen LogP contribution in [0.5, 0.6) is 0 Å². The number of nitrogens with zero attached hydrogens (tertiary/aromatic N) is 3. The maximum Gasteiger partial charge on any atom is 0.339 e. The lowest BCUT2D eigenvalue weighted by Crippen LogP contribution is -2.40. The van der Waals surface area contributed by atoms with Crippen molar-refractivity contribution in [1.29, 1.82) is 0 Å². The second-order valence-corrected chi connectivity index (χ2v) is 4.83. The highest BCUT2D eigenvalue weighted by Gasteiger charge is 2.28. The minimum atomic E-state index is -1.11. The van der Waals surface area contributed by atoms with Crippen LogP contribution in [0.2, 0.25) is 0 Å². The van der Waals surface area contributed by atoms with E-state index in [1.807, 2.05) is 0 Å². The number of carbonyl (C=O) groups excluding carboxylic acids is 1. The highest BCUT2D eigenvalue weighted by Crippen LogP contribution is 2.19. The zero-order valence-electron chi connectivity index (χ0n) is 10.6. The summed E-state index contributed by atoms with van der Waals surface area (Å²) in [6.45, 7) is 3.47. The third-order valence-corrected chi connectivity index (χ3v) is 3.32. The fraction of sp³-hybridized carbons (Fsp3) is 0.583. The molecule has 0 spiro atoms. The normalized spacial score (nSPS) is 19.9. The first-order chi connectivity index (χ1) is 8.50. The summed E-state index contributed by atoms with van der Waals surface area (Å²) in [5.41, 5.74) is 0.136. The van der Waals surface area contributed by atoms with Crippen molar-refractivity contribution in [3.63, 3.8) is 0 Å². The maximum atomic E-state index is 12.4. The fourth-order valence-corrected chi connectivity index (χ4v) is 2.37. The first-order valence-corrected chi connectivity index (χ1v) is 6.05. The Hall–Kier alpha value is -1.85. The van der Waals surface area contributed by atoms with E-state index >= 15 is 0 Å². The summed E-state index contributed by atoms with van der Waals surface area (Å²) in [5.74, 6) is -0.889. The molecule has 6 heteroatoms. The van der Waals surface area contributed by atoms with Crippen LogP contribution in [0.25, 0.3) is 0 Å². The van der Waals surface area contributed by atoms with Gasteiger partial charge in [-0.25, -0.2) is 4.79 Å². The van der Waals surface area contributed by atoms with Gasteiger partial charge in [0.15, 0.2) is 0 Å². The van der Waals surface area contributed by atoms with E-state index in [4.69, 9.17) is 5.11 Å². The molecule has 1 N–H and O–H groups in total. The van der Waals surface area contributed by atoms with Crippen molar-refractivity contribution >= 4 is 11.9 Å².